The normalized spacial score (nSPS) is 14.6. The van der Waals surface area contributed by atoms with Gasteiger partial charge >= 0.3 is 0 Å². The first-order valence-corrected chi connectivity index (χ1v) is 11.4. The number of nitrogens with one attached hydrogen (secondary N) is 2. The SMILES string of the molecule is C=CCNc1nc(NCC=C)nc(N2CCC(N(CC)CC=Cc3ccccc3)CC2)n1. The molecule has 2 aromatic rings. The summed E-state index contributed by atoms with van der Waals surface area (Å²) in [5, 5.41) is 6.35. The van der Waals surface area contributed by atoms with Crippen molar-refractivity contribution < 1.29 is 0 Å². The van der Waals surface area contributed by atoms with Gasteiger partial charge < -0.3 is 15.5 Å². The molecule has 0 atom stereocenters. The second-order valence-corrected chi connectivity index (χ2v) is 7.74. The summed E-state index contributed by atoms with van der Waals surface area (Å²) in [7, 11) is 0. The first-order valence-electron chi connectivity index (χ1n) is 11.4. The number of likely N-dealkylation sites (N-methyl/N-ethyl adjacent to an activating group) is 1. The lowest BCUT2D eigenvalue weighted by molar-refractivity contribution is 0.195. The molecule has 1 saturated heterocycles. The maximum atomic E-state index is 4.63. The minimum absolute atomic E-state index is 0.560. The molecule has 32 heavy (non-hydrogen) atoms. The maximum Gasteiger partial charge on any atom is 0.231 e. The molecule has 2 N–H and O–H groups in total. The summed E-state index contributed by atoms with van der Waals surface area (Å²) >= 11 is 0. The third kappa shape index (κ3) is 6.92. The van der Waals surface area contributed by atoms with Crippen LogP contribution < -0.4 is 15.5 Å². The van der Waals surface area contributed by atoms with Crippen molar-refractivity contribution in [3.63, 3.8) is 0 Å². The monoisotopic (exact) mass is 433 g/mol. The number of hydrogen-bond acceptors (Lipinski definition) is 7. The van der Waals surface area contributed by atoms with Crippen molar-refractivity contribution in [1.29, 1.82) is 0 Å². The van der Waals surface area contributed by atoms with Gasteiger partial charge in [0.2, 0.25) is 17.8 Å². The second-order valence-electron chi connectivity index (χ2n) is 7.74. The second kappa shape index (κ2) is 12.6. The number of hydrogen-bond donors (Lipinski definition) is 2. The van der Waals surface area contributed by atoms with Crippen LogP contribution in [0.3, 0.4) is 0 Å². The Balaban J connectivity index is 1.60. The first kappa shape index (κ1) is 23.5. The average Bonchev–Trinajstić information content (AvgIpc) is 2.85. The van der Waals surface area contributed by atoms with Crippen LogP contribution in [0.5, 0.6) is 0 Å². The van der Waals surface area contributed by atoms with Crippen LogP contribution >= 0.6 is 0 Å². The van der Waals surface area contributed by atoms with Gasteiger partial charge in [-0.2, -0.15) is 15.0 Å². The van der Waals surface area contributed by atoms with Crippen molar-refractivity contribution in [2.24, 2.45) is 0 Å². The maximum absolute atomic E-state index is 4.63. The van der Waals surface area contributed by atoms with Crippen molar-refractivity contribution in [1.82, 2.24) is 19.9 Å². The summed E-state index contributed by atoms with van der Waals surface area (Å²) in [6, 6.07) is 11.0. The lowest BCUT2D eigenvalue weighted by Gasteiger charge is -2.37. The van der Waals surface area contributed by atoms with Gasteiger partial charge in [0, 0.05) is 38.8 Å². The number of rotatable bonds is 12. The molecule has 0 aliphatic carbocycles. The zero-order chi connectivity index (χ0) is 22.6. The molecule has 0 unspecified atom stereocenters. The zero-order valence-corrected chi connectivity index (χ0v) is 19.1. The molecular formula is C25H35N7. The standard InChI is InChI=1S/C25H35N7/c1-4-16-26-23-28-24(27-17-5-2)30-25(29-23)32-19-14-22(15-20-32)31(6-3)18-10-13-21-11-8-7-9-12-21/h4-5,7-13,22H,1-2,6,14-20H2,3H3,(H2,26,27,28,29,30). The first-order chi connectivity index (χ1) is 15.7. The van der Waals surface area contributed by atoms with Gasteiger partial charge in [-0.25, -0.2) is 0 Å². The molecule has 7 heteroatoms. The van der Waals surface area contributed by atoms with Gasteiger partial charge in [0.25, 0.3) is 0 Å². The Labute approximate surface area is 192 Å². The van der Waals surface area contributed by atoms with Crippen LogP contribution in [0.1, 0.15) is 25.3 Å². The van der Waals surface area contributed by atoms with Gasteiger partial charge in [0.1, 0.15) is 0 Å². The van der Waals surface area contributed by atoms with Crippen LogP contribution in [-0.2, 0) is 0 Å². The minimum atomic E-state index is 0.560. The van der Waals surface area contributed by atoms with Crippen LogP contribution in [0.2, 0.25) is 0 Å². The number of benzene rings is 1. The van der Waals surface area contributed by atoms with Gasteiger partial charge in [-0.15, -0.1) is 13.2 Å². The Bertz CT molecular complexity index is 843. The van der Waals surface area contributed by atoms with Gasteiger partial charge in [-0.3, -0.25) is 4.90 Å². The summed E-state index contributed by atoms with van der Waals surface area (Å²) in [6.07, 6.45) is 10.2. The predicted octanol–water partition coefficient (Wildman–Crippen LogP) is 4.07. The quantitative estimate of drug-likeness (QED) is 0.489. The number of nitrogens with zero attached hydrogens (tertiary/aromatic N) is 5. The van der Waals surface area contributed by atoms with Crippen LogP contribution in [0, 0.1) is 0 Å². The molecule has 1 aliphatic rings. The van der Waals surface area contributed by atoms with E-state index in [1.54, 1.807) is 12.2 Å². The highest BCUT2D eigenvalue weighted by molar-refractivity contribution is 5.49. The lowest BCUT2D eigenvalue weighted by atomic mass is 10.0. The highest BCUT2D eigenvalue weighted by Gasteiger charge is 2.25. The molecule has 1 aromatic heterocycles. The average molecular weight is 434 g/mol. The number of anilines is 3. The number of piperidine rings is 1. The fourth-order valence-electron chi connectivity index (χ4n) is 3.85. The molecule has 3 rings (SSSR count). The Morgan fingerprint density at radius 3 is 2.19 bits per heavy atom. The fraction of sp³-hybridized carbons (Fsp3) is 0.400. The summed E-state index contributed by atoms with van der Waals surface area (Å²) in [6.45, 7) is 14.8. The molecular weight excluding hydrogens is 398 g/mol. The zero-order valence-electron chi connectivity index (χ0n) is 19.1. The van der Waals surface area contributed by atoms with E-state index < -0.39 is 0 Å². The van der Waals surface area contributed by atoms with Crippen molar-refractivity contribution in [3.05, 3.63) is 67.3 Å². The lowest BCUT2D eigenvalue weighted by Crippen LogP contribution is -2.45. The van der Waals surface area contributed by atoms with Crippen LogP contribution in [0.25, 0.3) is 6.08 Å². The smallest absolute Gasteiger partial charge is 0.231 e. The van der Waals surface area contributed by atoms with E-state index in [0.717, 1.165) is 39.0 Å². The van der Waals surface area contributed by atoms with E-state index in [9.17, 15) is 0 Å². The molecule has 0 radical (unpaired) electrons. The van der Waals surface area contributed by atoms with Crippen molar-refractivity contribution in [2.45, 2.75) is 25.8 Å². The van der Waals surface area contributed by atoms with Gasteiger partial charge in [0.05, 0.1) is 0 Å². The molecule has 0 bridgehead atoms. The van der Waals surface area contributed by atoms with Gasteiger partial charge in [0.15, 0.2) is 0 Å². The Kier molecular flexibility index (Phi) is 9.25. The summed E-state index contributed by atoms with van der Waals surface area (Å²) in [5.74, 6) is 1.83. The van der Waals surface area contributed by atoms with E-state index in [2.05, 4.69) is 91.9 Å². The van der Waals surface area contributed by atoms with Crippen LogP contribution in [0.15, 0.2) is 61.7 Å². The highest BCUT2D eigenvalue weighted by atomic mass is 15.3. The third-order valence-electron chi connectivity index (χ3n) is 5.55. The molecule has 170 valence electrons. The number of aromatic nitrogens is 3. The fourth-order valence-corrected chi connectivity index (χ4v) is 3.85. The molecule has 1 fully saturated rings. The van der Waals surface area contributed by atoms with Gasteiger partial charge in [-0.05, 0) is 24.9 Å². The topological polar surface area (TPSA) is 69.2 Å². The van der Waals surface area contributed by atoms with Crippen molar-refractivity contribution >= 4 is 23.9 Å². The molecule has 0 amide bonds. The van der Waals surface area contributed by atoms with E-state index in [0.29, 0.717) is 37.0 Å². The van der Waals surface area contributed by atoms with Gasteiger partial charge in [-0.1, -0.05) is 61.6 Å². The van der Waals surface area contributed by atoms with Crippen LogP contribution in [0.4, 0.5) is 17.8 Å². The molecule has 0 spiro atoms. The highest BCUT2D eigenvalue weighted by Crippen LogP contribution is 2.22. The van der Waals surface area contributed by atoms with E-state index in [1.165, 1.54) is 5.56 Å². The molecule has 1 aliphatic heterocycles. The minimum Gasteiger partial charge on any atom is -0.351 e. The predicted molar refractivity (Wildman–Crippen MR) is 135 cm³/mol. The molecule has 0 saturated carbocycles. The Morgan fingerprint density at radius 1 is 1.00 bits per heavy atom. The summed E-state index contributed by atoms with van der Waals surface area (Å²) in [4.78, 5) is 18.5. The Morgan fingerprint density at radius 2 is 1.62 bits per heavy atom. The van der Waals surface area contributed by atoms with E-state index in [4.69, 9.17) is 0 Å². The van der Waals surface area contributed by atoms with Crippen molar-refractivity contribution in [3.8, 4) is 0 Å². The molecule has 7 nitrogen and oxygen atoms in total. The van der Waals surface area contributed by atoms with E-state index in [1.807, 2.05) is 6.07 Å². The summed E-state index contributed by atoms with van der Waals surface area (Å²) < 4.78 is 0. The van der Waals surface area contributed by atoms with Crippen molar-refractivity contribution in [2.75, 3.05) is 54.8 Å². The van der Waals surface area contributed by atoms with E-state index >= 15 is 0 Å². The molecule has 1 aromatic carbocycles. The summed E-state index contributed by atoms with van der Waals surface area (Å²) in [5.41, 5.74) is 1.25. The molecule has 2 heterocycles. The van der Waals surface area contributed by atoms with E-state index in [-0.39, 0.29) is 0 Å². The Hall–Kier alpha value is -3.19. The third-order valence-corrected chi connectivity index (χ3v) is 5.55. The van der Waals surface area contributed by atoms with Crippen LogP contribution in [-0.4, -0.2) is 65.2 Å². The largest absolute Gasteiger partial charge is 0.351 e.